The van der Waals surface area contributed by atoms with Crippen LogP contribution in [0.5, 0.6) is 0 Å². The Morgan fingerprint density at radius 3 is 2.81 bits per heavy atom. The van der Waals surface area contributed by atoms with Crippen LogP contribution in [0.15, 0.2) is 53.1 Å². The average molecular weight is 372 g/mol. The zero-order chi connectivity index (χ0) is 18.1. The van der Waals surface area contributed by atoms with E-state index in [0.717, 1.165) is 5.56 Å². The van der Waals surface area contributed by atoms with Gasteiger partial charge in [-0.15, -0.1) is 0 Å². The summed E-state index contributed by atoms with van der Waals surface area (Å²) in [6, 6.07) is 14.1. The fourth-order valence-electron chi connectivity index (χ4n) is 3.05. The van der Waals surface area contributed by atoms with Gasteiger partial charge in [-0.05, 0) is 23.8 Å². The van der Waals surface area contributed by atoms with Crippen molar-refractivity contribution in [1.82, 2.24) is 15.0 Å². The predicted octanol–water partition coefficient (Wildman–Crippen LogP) is 4.05. The van der Waals surface area contributed by atoms with Crippen LogP contribution in [0.3, 0.4) is 0 Å². The van der Waals surface area contributed by atoms with Gasteiger partial charge >= 0.3 is 0 Å². The quantitative estimate of drug-likeness (QED) is 0.694. The number of amides is 1. The summed E-state index contributed by atoms with van der Waals surface area (Å²) in [6.45, 7) is 1.07. The van der Waals surface area contributed by atoms with Crippen molar-refractivity contribution in [3.05, 3.63) is 70.8 Å². The first-order chi connectivity index (χ1) is 12.6. The molecule has 0 aliphatic carbocycles. The maximum Gasteiger partial charge on any atom is 0.232 e. The molecule has 0 radical (unpaired) electrons. The molecule has 0 bridgehead atoms. The van der Waals surface area contributed by atoms with Gasteiger partial charge in [-0.2, -0.15) is 4.98 Å². The summed E-state index contributed by atoms with van der Waals surface area (Å²) in [7, 11) is 0. The van der Waals surface area contributed by atoms with E-state index >= 15 is 0 Å². The summed E-state index contributed by atoms with van der Waals surface area (Å²) >= 11 is 5.69. The lowest BCUT2D eigenvalue weighted by atomic mass is 10.1. The second-order valence-electron chi connectivity index (χ2n) is 6.25. The maximum absolute atomic E-state index is 13.6. The van der Waals surface area contributed by atoms with Gasteiger partial charge in [-0.25, -0.2) is 4.39 Å². The first-order valence-electron chi connectivity index (χ1n) is 8.21. The SMILES string of the molecule is O=C1CC(c2nc(-c3ccc(Cl)c(F)c3)no2)CN1Cc1ccccc1. The van der Waals surface area contributed by atoms with Gasteiger partial charge in [-0.3, -0.25) is 4.79 Å². The highest BCUT2D eigenvalue weighted by molar-refractivity contribution is 6.30. The molecule has 26 heavy (non-hydrogen) atoms. The Morgan fingerprint density at radius 1 is 1.23 bits per heavy atom. The van der Waals surface area contributed by atoms with Gasteiger partial charge in [0.1, 0.15) is 5.82 Å². The van der Waals surface area contributed by atoms with Crippen LogP contribution in [-0.4, -0.2) is 27.5 Å². The van der Waals surface area contributed by atoms with Gasteiger partial charge in [0.15, 0.2) is 0 Å². The van der Waals surface area contributed by atoms with E-state index in [9.17, 15) is 9.18 Å². The third kappa shape index (κ3) is 3.32. The van der Waals surface area contributed by atoms with Crippen molar-refractivity contribution >= 4 is 17.5 Å². The van der Waals surface area contributed by atoms with Crippen LogP contribution in [0.2, 0.25) is 5.02 Å². The molecule has 2 heterocycles. The minimum atomic E-state index is -0.541. The van der Waals surface area contributed by atoms with Gasteiger partial charge in [-0.1, -0.05) is 47.1 Å². The van der Waals surface area contributed by atoms with E-state index in [1.807, 2.05) is 30.3 Å². The normalized spacial score (nSPS) is 17.1. The lowest BCUT2D eigenvalue weighted by molar-refractivity contribution is -0.128. The summed E-state index contributed by atoms with van der Waals surface area (Å²) in [4.78, 5) is 18.4. The molecule has 0 N–H and O–H groups in total. The number of nitrogens with zero attached hydrogens (tertiary/aromatic N) is 3. The average Bonchev–Trinajstić information content (AvgIpc) is 3.26. The molecule has 1 aliphatic heterocycles. The molecule has 0 saturated carbocycles. The van der Waals surface area contributed by atoms with Gasteiger partial charge in [0, 0.05) is 25.1 Å². The lowest BCUT2D eigenvalue weighted by Gasteiger charge is -2.15. The molecule has 3 aromatic rings. The van der Waals surface area contributed by atoms with Crippen molar-refractivity contribution in [2.45, 2.75) is 18.9 Å². The fourth-order valence-corrected chi connectivity index (χ4v) is 3.17. The molecule has 1 atom stereocenters. The second-order valence-corrected chi connectivity index (χ2v) is 6.65. The van der Waals surface area contributed by atoms with Gasteiger partial charge in [0.05, 0.1) is 10.9 Å². The third-order valence-electron chi connectivity index (χ3n) is 4.40. The predicted molar refractivity (Wildman–Crippen MR) is 93.9 cm³/mol. The van der Waals surface area contributed by atoms with Crippen LogP contribution >= 0.6 is 11.6 Å². The Morgan fingerprint density at radius 2 is 2.04 bits per heavy atom. The van der Waals surface area contributed by atoms with Crippen LogP contribution in [0.25, 0.3) is 11.4 Å². The molecule has 5 nitrogen and oxygen atoms in total. The highest BCUT2D eigenvalue weighted by Gasteiger charge is 2.34. The van der Waals surface area contributed by atoms with Crippen LogP contribution < -0.4 is 0 Å². The highest BCUT2D eigenvalue weighted by Crippen LogP contribution is 2.30. The summed E-state index contributed by atoms with van der Waals surface area (Å²) in [6.07, 6.45) is 0.323. The smallest absolute Gasteiger partial charge is 0.232 e. The number of likely N-dealkylation sites (tertiary alicyclic amines) is 1. The number of rotatable bonds is 4. The third-order valence-corrected chi connectivity index (χ3v) is 4.71. The molecule has 1 unspecified atom stereocenters. The van der Waals surface area contributed by atoms with Crippen LogP contribution in [-0.2, 0) is 11.3 Å². The van der Waals surface area contributed by atoms with Gasteiger partial charge < -0.3 is 9.42 Å². The maximum atomic E-state index is 13.6. The molecular weight excluding hydrogens is 357 g/mol. The van der Waals surface area contributed by atoms with Crippen molar-refractivity contribution in [3.8, 4) is 11.4 Å². The molecule has 7 heteroatoms. The van der Waals surface area contributed by atoms with Crippen LogP contribution in [0.1, 0.15) is 23.8 Å². The molecule has 1 amide bonds. The molecule has 1 saturated heterocycles. The minimum Gasteiger partial charge on any atom is -0.339 e. The van der Waals surface area contributed by atoms with Gasteiger partial charge in [0.25, 0.3) is 0 Å². The second kappa shape index (κ2) is 6.88. The van der Waals surface area contributed by atoms with E-state index in [1.165, 1.54) is 12.1 Å². The van der Waals surface area contributed by atoms with Crippen LogP contribution in [0, 0.1) is 5.82 Å². The number of benzene rings is 2. The zero-order valence-electron chi connectivity index (χ0n) is 13.7. The monoisotopic (exact) mass is 371 g/mol. The Labute approximate surface area is 154 Å². The number of hydrogen-bond acceptors (Lipinski definition) is 4. The lowest BCUT2D eigenvalue weighted by Crippen LogP contribution is -2.24. The summed E-state index contributed by atoms with van der Waals surface area (Å²) in [5.41, 5.74) is 1.55. The van der Waals surface area contributed by atoms with E-state index in [2.05, 4.69) is 10.1 Å². The largest absolute Gasteiger partial charge is 0.339 e. The van der Waals surface area contributed by atoms with E-state index in [4.69, 9.17) is 16.1 Å². The summed E-state index contributed by atoms with van der Waals surface area (Å²) < 4.78 is 18.9. The number of carbonyl (C=O) groups is 1. The van der Waals surface area contributed by atoms with E-state index in [0.29, 0.717) is 31.0 Å². The van der Waals surface area contributed by atoms with Crippen LogP contribution in [0.4, 0.5) is 4.39 Å². The molecule has 1 aromatic heterocycles. The zero-order valence-corrected chi connectivity index (χ0v) is 14.5. The first kappa shape index (κ1) is 16.7. The molecule has 2 aromatic carbocycles. The van der Waals surface area contributed by atoms with E-state index in [-0.39, 0.29) is 22.7 Å². The Balaban J connectivity index is 1.49. The van der Waals surface area contributed by atoms with Crippen molar-refractivity contribution in [3.63, 3.8) is 0 Å². The van der Waals surface area contributed by atoms with Gasteiger partial charge in [0.2, 0.25) is 17.6 Å². The number of carbonyl (C=O) groups excluding carboxylic acids is 1. The Hall–Kier alpha value is -2.73. The topological polar surface area (TPSA) is 59.2 Å². The Bertz CT molecular complexity index is 945. The summed E-state index contributed by atoms with van der Waals surface area (Å²) in [5.74, 6) is 0.0186. The number of hydrogen-bond donors (Lipinski definition) is 0. The minimum absolute atomic E-state index is 0.0374. The van der Waals surface area contributed by atoms with Crippen molar-refractivity contribution < 1.29 is 13.7 Å². The molecule has 0 spiro atoms. The molecule has 1 fully saturated rings. The molecular formula is C19H15ClFN3O2. The highest BCUT2D eigenvalue weighted by atomic mass is 35.5. The first-order valence-corrected chi connectivity index (χ1v) is 8.58. The van der Waals surface area contributed by atoms with Crippen molar-refractivity contribution in [1.29, 1.82) is 0 Å². The van der Waals surface area contributed by atoms with E-state index in [1.54, 1.807) is 11.0 Å². The number of halogens is 2. The molecule has 1 aliphatic rings. The molecule has 4 rings (SSSR count). The molecule has 132 valence electrons. The Kier molecular flexibility index (Phi) is 4.42. The summed E-state index contributed by atoms with van der Waals surface area (Å²) in [5, 5.41) is 3.95. The fraction of sp³-hybridized carbons (Fsp3) is 0.211. The van der Waals surface area contributed by atoms with Crippen molar-refractivity contribution in [2.24, 2.45) is 0 Å². The number of aromatic nitrogens is 2. The van der Waals surface area contributed by atoms with Crippen molar-refractivity contribution in [2.75, 3.05) is 6.54 Å². The standard InChI is InChI=1S/C19H15ClFN3O2/c20-15-7-6-13(8-16(15)21)18-22-19(26-23-18)14-9-17(25)24(11-14)10-12-4-2-1-3-5-12/h1-8,14H,9-11H2. The van der Waals surface area contributed by atoms with E-state index < -0.39 is 5.82 Å².